The highest BCUT2D eigenvalue weighted by atomic mass is 32.2. The van der Waals surface area contributed by atoms with Crippen LogP contribution in [0.25, 0.3) is 0 Å². The number of hydrogen-bond donors (Lipinski definition) is 1. The summed E-state index contributed by atoms with van der Waals surface area (Å²) in [6.45, 7) is 4.32. The lowest BCUT2D eigenvalue weighted by atomic mass is 10.4. The van der Waals surface area contributed by atoms with Crippen molar-refractivity contribution in [2.45, 2.75) is 30.3 Å². The van der Waals surface area contributed by atoms with Crippen LogP contribution in [0.4, 0.5) is 0 Å². The highest BCUT2D eigenvalue weighted by Crippen LogP contribution is 2.32. The third kappa shape index (κ3) is 2.36. The predicted molar refractivity (Wildman–Crippen MR) is 70.4 cm³/mol. The van der Waals surface area contributed by atoms with E-state index in [2.05, 4.69) is 6.58 Å². The van der Waals surface area contributed by atoms with E-state index < -0.39 is 10.0 Å². The summed E-state index contributed by atoms with van der Waals surface area (Å²) in [5.41, 5.74) is 6.38. The number of rotatable bonds is 6. The van der Waals surface area contributed by atoms with Crippen molar-refractivity contribution in [2.75, 3.05) is 6.54 Å². The number of aromatic nitrogens is 1. The molecule has 5 nitrogen and oxygen atoms in total. The molecule has 1 aromatic rings. The second kappa shape index (κ2) is 4.87. The molecule has 1 heterocycles. The Morgan fingerprint density at radius 2 is 2.28 bits per heavy atom. The molecule has 100 valence electrons. The maximum atomic E-state index is 12.5. The molecule has 0 spiro atoms. The molecule has 0 amide bonds. The Balaban J connectivity index is 2.35. The van der Waals surface area contributed by atoms with E-state index in [0.717, 1.165) is 18.5 Å². The lowest BCUT2D eigenvalue weighted by Gasteiger charge is -2.19. The van der Waals surface area contributed by atoms with Gasteiger partial charge in [-0.2, -0.15) is 4.31 Å². The summed E-state index contributed by atoms with van der Waals surface area (Å²) in [4.78, 5) is 0.319. The molecule has 2 rings (SSSR count). The van der Waals surface area contributed by atoms with Gasteiger partial charge in [-0.25, -0.2) is 8.42 Å². The molecule has 18 heavy (non-hydrogen) atoms. The van der Waals surface area contributed by atoms with E-state index in [1.54, 1.807) is 30.0 Å². The van der Waals surface area contributed by atoms with E-state index in [0.29, 0.717) is 18.0 Å². The first-order valence-corrected chi connectivity index (χ1v) is 7.42. The lowest BCUT2D eigenvalue weighted by Crippen LogP contribution is -2.33. The fourth-order valence-corrected chi connectivity index (χ4v) is 3.74. The van der Waals surface area contributed by atoms with Crippen LogP contribution in [0.3, 0.4) is 0 Å². The van der Waals surface area contributed by atoms with Crippen molar-refractivity contribution in [1.82, 2.24) is 8.87 Å². The van der Waals surface area contributed by atoms with Gasteiger partial charge in [-0.3, -0.25) is 0 Å². The van der Waals surface area contributed by atoms with Crippen LogP contribution in [-0.4, -0.2) is 29.9 Å². The Morgan fingerprint density at radius 3 is 2.72 bits per heavy atom. The van der Waals surface area contributed by atoms with Crippen molar-refractivity contribution < 1.29 is 8.42 Å². The van der Waals surface area contributed by atoms with Gasteiger partial charge in [0, 0.05) is 38.1 Å². The van der Waals surface area contributed by atoms with Crippen molar-refractivity contribution >= 4 is 10.0 Å². The number of sulfonamides is 1. The van der Waals surface area contributed by atoms with Crippen LogP contribution in [0.15, 0.2) is 29.8 Å². The molecular formula is C12H19N3O2S. The minimum Gasteiger partial charge on any atom is -0.352 e. The maximum Gasteiger partial charge on any atom is 0.245 e. The van der Waals surface area contributed by atoms with Gasteiger partial charge in [0.15, 0.2) is 0 Å². The van der Waals surface area contributed by atoms with Crippen molar-refractivity contribution in [3.63, 3.8) is 0 Å². The van der Waals surface area contributed by atoms with Gasteiger partial charge in [-0.1, -0.05) is 6.08 Å². The third-order valence-corrected chi connectivity index (χ3v) is 5.05. The van der Waals surface area contributed by atoms with E-state index in [1.165, 1.54) is 4.31 Å². The van der Waals surface area contributed by atoms with Gasteiger partial charge in [-0.05, 0) is 18.9 Å². The van der Waals surface area contributed by atoms with Gasteiger partial charge in [-0.15, -0.1) is 6.58 Å². The van der Waals surface area contributed by atoms with E-state index in [-0.39, 0.29) is 6.04 Å². The molecule has 1 aliphatic rings. The first-order chi connectivity index (χ1) is 8.50. The largest absolute Gasteiger partial charge is 0.352 e. The van der Waals surface area contributed by atoms with Gasteiger partial charge < -0.3 is 10.3 Å². The molecule has 0 aromatic carbocycles. The fourth-order valence-electron chi connectivity index (χ4n) is 1.99. The molecule has 1 aliphatic carbocycles. The van der Waals surface area contributed by atoms with Crippen LogP contribution in [0.2, 0.25) is 0 Å². The van der Waals surface area contributed by atoms with Gasteiger partial charge in [0.25, 0.3) is 0 Å². The Bertz CT molecular complexity index is 544. The number of nitrogens with two attached hydrogens (primary N) is 1. The van der Waals surface area contributed by atoms with Crippen LogP contribution in [0.1, 0.15) is 18.5 Å². The summed E-state index contributed by atoms with van der Waals surface area (Å²) in [5, 5.41) is 0. The lowest BCUT2D eigenvalue weighted by molar-refractivity contribution is 0.436. The predicted octanol–water partition coefficient (Wildman–Crippen LogP) is 0.823. The molecule has 2 N–H and O–H groups in total. The monoisotopic (exact) mass is 269 g/mol. The molecule has 1 fully saturated rings. The molecule has 0 saturated heterocycles. The summed E-state index contributed by atoms with van der Waals surface area (Å²) in [5.74, 6) is 0. The molecule has 6 heteroatoms. The second-order valence-corrected chi connectivity index (χ2v) is 6.47. The second-order valence-electron chi connectivity index (χ2n) is 4.58. The Hall–Kier alpha value is -1.11. The smallest absolute Gasteiger partial charge is 0.245 e. The zero-order chi connectivity index (χ0) is 13.3. The zero-order valence-electron chi connectivity index (χ0n) is 10.5. The maximum absolute atomic E-state index is 12.5. The molecule has 0 atom stereocenters. The fraction of sp³-hybridized carbons (Fsp3) is 0.500. The molecular weight excluding hydrogens is 250 g/mol. The summed E-state index contributed by atoms with van der Waals surface area (Å²) in [7, 11) is -1.62. The highest BCUT2D eigenvalue weighted by Gasteiger charge is 2.37. The quantitative estimate of drug-likeness (QED) is 0.778. The standard InChI is InChI=1S/C12H19N3O2S/c1-3-6-15(10-4-5-10)18(16,17)12-7-11(8-13)14(2)9-12/h3,7,9-10H,1,4-6,8,13H2,2H3. The van der Waals surface area contributed by atoms with Gasteiger partial charge in [0.2, 0.25) is 10.0 Å². The van der Waals surface area contributed by atoms with E-state index >= 15 is 0 Å². The van der Waals surface area contributed by atoms with Crippen molar-refractivity contribution in [3.8, 4) is 0 Å². The van der Waals surface area contributed by atoms with Crippen LogP contribution in [0.5, 0.6) is 0 Å². The summed E-state index contributed by atoms with van der Waals surface area (Å²) < 4.78 is 28.3. The number of hydrogen-bond acceptors (Lipinski definition) is 3. The van der Waals surface area contributed by atoms with E-state index in [1.807, 2.05) is 0 Å². The van der Waals surface area contributed by atoms with Crippen LogP contribution < -0.4 is 5.73 Å². The molecule has 0 bridgehead atoms. The minimum atomic E-state index is -3.43. The first-order valence-electron chi connectivity index (χ1n) is 5.98. The van der Waals surface area contributed by atoms with Crippen LogP contribution in [-0.2, 0) is 23.6 Å². The van der Waals surface area contributed by atoms with Crippen LogP contribution >= 0.6 is 0 Å². The normalized spacial score (nSPS) is 16.2. The highest BCUT2D eigenvalue weighted by molar-refractivity contribution is 7.89. The first kappa shape index (κ1) is 13.3. The third-order valence-electron chi connectivity index (χ3n) is 3.16. The Kier molecular flexibility index (Phi) is 3.61. The summed E-state index contributed by atoms with van der Waals surface area (Å²) in [6.07, 6.45) is 5.12. The van der Waals surface area contributed by atoms with Crippen molar-refractivity contribution in [3.05, 3.63) is 30.6 Å². The average molecular weight is 269 g/mol. The number of aryl methyl sites for hydroxylation is 1. The zero-order valence-corrected chi connectivity index (χ0v) is 11.4. The van der Waals surface area contributed by atoms with Crippen molar-refractivity contribution in [2.24, 2.45) is 12.8 Å². The summed E-state index contributed by atoms with van der Waals surface area (Å²) >= 11 is 0. The van der Waals surface area contributed by atoms with Gasteiger partial charge >= 0.3 is 0 Å². The minimum absolute atomic E-state index is 0.134. The molecule has 1 aromatic heterocycles. The SMILES string of the molecule is C=CCN(C1CC1)S(=O)(=O)c1cc(CN)n(C)c1. The van der Waals surface area contributed by atoms with Crippen molar-refractivity contribution in [1.29, 1.82) is 0 Å². The molecule has 1 saturated carbocycles. The molecule has 0 radical (unpaired) electrons. The van der Waals surface area contributed by atoms with Gasteiger partial charge in [0.1, 0.15) is 4.90 Å². The van der Waals surface area contributed by atoms with Gasteiger partial charge in [0.05, 0.1) is 0 Å². The van der Waals surface area contributed by atoms with E-state index in [4.69, 9.17) is 5.73 Å². The summed E-state index contributed by atoms with van der Waals surface area (Å²) in [6, 6.07) is 1.78. The molecule has 0 aliphatic heterocycles. The molecule has 0 unspecified atom stereocenters. The average Bonchev–Trinajstić information content (AvgIpc) is 3.08. The Labute approximate surface area is 108 Å². The van der Waals surface area contributed by atoms with E-state index in [9.17, 15) is 8.42 Å². The Morgan fingerprint density at radius 1 is 1.61 bits per heavy atom. The number of nitrogens with zero attached hydrogens (tertiary/aromatic N) is 2. The van der Waals surface area contributed by atoms with Crippen LogP contribution in [0, 0.1) is 0 Å². The topological polar surface area (TPSA) is 68.3 Å².